The Labute approximate surface area is 77.8 Å². The van der Waals surface area contributed by atoms with Gasteiger partial charge < -0.3 is 4.74 Å². The molecule has 0 bridgehead atoms. The highest BCUT2D eigenvalue weighted by Crippen LogP contribution is 2.05. The Balaban J connectivity index is 2.37. The Morgan fingerprint density at radius 2 is 2.38 bits per heavy atom. The highest BCUT2D eigenvalue weighted by molar-refractivity contribution is 5.71. The zero-order chi connectivity index (χ0) is 9.52. The summed E-state index contributed by atoms with van der Waals surface area (Å²) < 4.78 is 4.97. The monoisotopic (exact) mass is 179 g/mol. The van der Waals surface area contributed by atoms with E-state index in [1.54, 1.807) is 24.4 Å². The second-order valence-electron chi connectivity index (χ2n) is 2.75. The summed E-state index contributed by atoms with van der Waals surface area (Å²) in [5, 5.41) is 0. The van der Waals surface area contributed by atoms with Crippen LogP contribution in [0, 0.1) is 0 Å². The van der Waals surface area contributed by atoms with Crippen molar-refractivity contribution in [2.24, 2.45) is 0 Å². The third-order valence-electron chi connectivity index (χ3n) is 1.59. The van der Waals surface area contributed by atoms with E-state index in [1.807, 2.05) is 6.92 Å². The molecule has 0 atom stereocenters. The minimum Gasteiger partial charge on any atom is -0.407 e. The average Bonchev–Trinajstić information content (AvgIpc) is 2.16. The summed E-state index contributed by atoms with van der Waals surface area (Å²) in [5.41, 5.74) is 0. The van der Waals surface area contributed by atoms with Gasteiger partial charge in [0.05, 0.1) is 0 Å². The minimum absolute atomic E-state index is 0.208. The third kappa shape index (κ3) is 3.69. The van der Waals surface area contributed by atoms with E-state index in [-0.39, 0.29) is 5.97 Å². The topological polar surface area (TPSA) is 39.2 Å². The Morgan fingerprint density at radius 1 is 1.54 bits per heavy atom. The molecule has 0 aliphatic rings. The number of ether oxygens (including phenoxy) is 1. The fourth-order valence-corrected chi connectivity index (χ4v) is 0.896. The summed E-state index contributed by atoms with van der Waals surface area (Å²) >= 11 is 0. The van der Waals surface area contributed by atoms with E-state index in [4.69, 9.17) is 4.74 Å². The maximum atomic E-state index is 11.1. The number of nitrogens with zero attached hydrogens (tertiary/aromatic N) is 1. The molecule has 13 heavy (non-hydrogen) atoms. The summed E-state index contributed by atoms with van der Waals surface area (Å²) in [4.78, 5) is 15.0. The van der Waals surface area contributed by atoms with Crippen molar-refractivity contribution in [1.82, 2.24) is 4.98 Å². The molecule has 0 unspecified atom stereocenters. The lowest BCUT2D eigenvalue weighted by Crippen LogP contribution is -2.07. The van der Waals surface area contributed by atoms with Gasteiger partial charge in [0.15, 0.2) is 0 Å². The lowest BCUT2D eigenvalue weighted by molar-refractivity contribution is -0.134. The van der Waals surface area contributed by atoms with Gasteiger partial charge in [0.2, 0.25) is 5.88 Å². The molecule has 0 aliphatic heterocycles. The summed E-state index contributed by atoms with van der Waals surface area (Å²) in [7, 11) is 0. The SMILES string of the molecule is CCCCC(=O)Oc1ccccn1. The van der Waals surface area contributed by atoms with Crippen LogP contribution in [0.2, 0.25) is 0 Å². The van der Waals surface area contributed by atoms with Crippen LogP contribution in [-0.4, -0.2) is 11.0 Å². The molecule has 0 aromatic carbocycles. The third-order valence-corrected chi connectivity index (χ3v) is 1.59. The van der Waals surface area contributed by atoms with E-state index in [2.05, 4.69) is 4.98 Å². The standard InChI is InChI=1S/C10H13NO2/c1-2-3-7-10(12)13-9-6-4-5-8-11-9/h4-6,8H,2-3,7H2,1H3. The molecule has 3 nitrogen and oxygen atoms in total. The van der Waals surface area contributed by atoms with Crippen molar-refractivity contribution in [2.45, 2.75) is 26.2 Å². The molecule has 0 amide bonds. The molecule has 1 aromatic rings. The Hall–Kier alpha value is -1.38. The van der Waals surface area contributed by atoms with Crippen molar-refractivity contribution in [3.8, 4) is 5.88 Å². The Bertz CT molecular complexity index is 259. The van der Waals surface area contributed by atoms with Gasteiger partial charge in [0.1, 0.15) is 0 Å². The molecule has 1 heterocycles. The highest BCUT2D eigenvalue weighted by atomic mass is 16.5. The van der Waals surface area contributed by atoms with Gasteiger partial charge in [-0.3, -0.25) is 4.79 Å². The molecule has 1 rings (SSSR count). The lowest BCUT2D eigenvalue weighted by Gasteiger charge is -2.00. The summed E-state index contributed by atoms with van der Waals surface area (Å²) in [6, 6.07) is 5.24. The Kier molecular flexibility index (Phi) is 3.96. The predicted molar refractivity (Wildman–Crippen MR) is 49.4 cm³/mol. The maximum Gasteiger partial charge on any atom is 0.312 e. The highest BCUT2D eigenvalue weighted by Gasteiger charge is 2.03. The van der Waals surface area contributed by atoms with Crippen LogP contribution in [-0.2, 0) is 4.79 Å². The van der Waals surface area contributed by atoms with Gasteiger partial charge in [-0.1, -0.05) is 19.4 Å². The van der Waals surface area contributed by atoms with Gasteiger partial charge in [-0.25, -0.2) is 4.98 Å². The molecule has 0 fully saturated rings. The van der Waals surface area contributed by atoms with Crippen LogP contribution in [0.1, 0.15) is 26.2 Å². The zero-order valence-corrected chi connectivity index (χ0v) is 7.69. The number of rotatable bonds is 4. The van der Waals surface area contributed by atoms with Gasteiger partial charge >= 0.3 is 5.97 Å². The van der Waals surface area contributed by atoms with Crippen molar-refractivity contribution in [1.29, 1.82) is 0 Å². The first-order valence-corrected chi connectivity index (χ1v) is 4.44. The minimum atomic E-state index is -0.208. The van der Waals surface area contributed by atoms with Crippen molar-refractivity contribution in [3.63, 3.8) is 0 Å². The van der Waals surface area contributed by atoms with E-state index >= 15 is 0 Å². The second kappa shape index (κ2) is 5.30. The van der Waals surface area contributed by atoms with E-state index in [0.29, 0.717) is 12.3 Å². The van der Waals surface area contributed by atoms with Gasteiger partial charge in [0.25, 0.3) is 0 Å². The summed E-state index contributed by atoms with van der Waals surface area (Å²) in [6.45, 7) is 2.04. The number of unbranched alkanes of at least 4 members (excludes halogenated alkanes) is 1. The molecule has 3 heteroatoms. The predicted octanol–water partition coefficient (Wildman–Crippen LogP) is 2.18. The fourth-order valence-electron chi connectivity index (χ4n) is 0.896. The summed E-state index contributed by atoms with van der Waals surface area (Å²) in [5.74, 6) is 0.171. The van der Waals surface area contributed by atoms with Crippen LogP contribution in [0.4, 0.5) is 0 Å². The fraction of sp³-hybridized carbons (Fsp3) is 0.400. The molecule has 0 spiro atoms. The number of hydrogen-bond acceptors (Lipinski definition) is 3. The lowest BCUT2D eigenvalue weighted by atomic mass is 10.2. The number of esters is 1. The number of aromatic nitrogens is 1. The average molecular weight is 179 g/mol. The number of carbonyl (C=O) groups is 1. The molecule has 0 radical (unpaired) electrons. The van der Waals surface area contributed by atoms with Gasteiger partial charge in [-0.05, 0) is 12.5 Å². The summed E-state index contributed by atoms with van der Waals surface area (Å²) in [6.07, 6.45) is 3.93. The van der Waals surface area contributed by atoms with Crippen LogP contribution in [0.3, 0.4) is 0 Å². The van der Waals surface area contributed by atoms with Crippen LogP contribution in [0.25, 0.3) is 0 Å². The van der Waals surface area contributed by atoms with Crippen molar-refractivity contribution >= 4 is 5.97 Å². The van der Waals surface area contributed by atoms with E-state index in [9.17, 15) is 4.79 Å². The number of hydrogen-bond donors (Lipinski definition) is 0. The zero-order valence-electron chi connectivity index (χ0n) is 7.69. The Morgan fingerprint density at radius 3 is 3.00 bits per heavy atom. The van der Waals surface area contributed by atoms with Gasteiger partial charge in [-0.2, -0.15) is 0 Å². The first kappa shape index (κ1) is 9.71. The normalized spacial score (nSPS) is 9.62. The molecular formula is C10H13NO2. The van der Waals surface area contributed by atoms with Gasteiger partial charge in [-0.15, -0.1) is 0 Å². The van der Waals surface area contributed by atoms with E-state index in [0.717, 1.165) is 12.8 Å². The van der Waals surface area contributed by atoms with E-state index in [1.165, 1.54) is 0 Å². The molecule has 70 valence electrons. The molecule has 0 saturated carbocycles. The van der Waals surface area contributed by atoms with Crippen molar-refractivity contribution < 1.29 is 9.53 Å². The van der Waals surface area contributed by atoms with E-state index < -0.39 is 0 Å². The largest absolute Gasteiger partial charge is 0.407 e. The number of pyridine rings is 1. The quantitative estimate of drug-likeness (QED) is 0.665. The first-order chi connectivity index (χ1) is 6.33. The maximum absolute atomic E-state index is 11.1. The molecular weight excluding hydrogens is 166 g/mol. The van der Waals surface area contributed by atoms with Crippen LogP contribution in [0.15, 0.2) is 24.4 Å². The molecule has 1 aromatic heterocycles. The first-order valence-electron chi connectivity index (χ1n) is 4.44. The smallest absolute Gasteiger partial charge is 0.312 e. The van der Waals surface area contributed by atoms with Crippen LogP contribution >= 0.6 is 0 Å². The van der Waals surface area contributed by atoms with Crippen LogP contribution in [0.5, 0.6) is 5.88 Å². The van der Waals surface area contributed by atoms with Crippen molar-refractivity contribution in [3.05, 3.63) is 24.4 Å². The van der Waals surface area contributed by atoms with Crippen molar-refractivity contribution in [2.75, 3.05) is 0 Å². The number of carbonyl (C=O) groups excluding carboxylic acids is 1. The molecule has 0 saturated heterocycles. The molecule has 0 aliphatic carbocycles. The van der Waals surface area contributed by atoms with Crippen LogP contribution < -0.4 is 4.74 Å². The molecule has 0 N–H and O–H groups in total. The van der Waals surface area contributed by atoms with Gasteiger partial charge in [0, 0.05) is 18.7 Å². The second-order valence-corrected chi connectivity index (χ2v) is 2.75.